The molecule has 6 heteroatoms. The number of likely N-dealkylation sites (N-methyl/N-ethyl adjacent to an activating group) is 1. The molecule has 0 radical (unpaired) electrons. The first-order valence-corrected chi connectivity index (χ1v) is 6.24. The molecule has 2 amide bonds. The van der Waals surface area contributed by atoms with Gasteiger partial charge in [-0.25, -0.2) is 4.79 Å². The van der Waals surface area contributed by atoms with Gasteiger partial charge in [0.1, 0.15) is 6.54 Å². The first-order valence-electron chi connectivity index (χ1n) is 5.45. The van der Waals surface area contributed by atoms with Gasteiger partial charge in [-0.3, -0.25) is 10.1 Å². The standard InChI is InChI=1S/C12H15BrN2O3/c1-15(8-11(16)14-12(17)18-2)7-9-3-5-10(13)6-4-9/h3-6H,7-8H2,1-2H3,(H,14,16,17)/p+1. The number of benzene rings is 1. The maximum absolute atomic E-state index is 11.4. The molecule has 0 aliphatic carbocycles. The molecule has 2 N–H and O–H groups in total. The van der Waals surface area contributed by atoms with Crippen molar-refractivity contribution in [3.63, 3.8) is 0 Å². The topological polar surface area (TPSA) is 59.8 Å². The SMILES string of the molecule is COC(=O)NC(=O)C[NH+](C)Cc1ccc(Br)cc1. The molecule has 0 spiro atoms. The molecule has 98 valence electrons. The van der Waals surface area contributed by atoms with E-state index in [0.29, 0.717) is 6.54 Å². The van der Waals surface area contributed by atoms with Crippen LogP contribution in [0.4, 0.5) is 4.79 Å². The fourth-order valence-electron chi connectivity index (χ4n) is 1.50. The van der Waals surface area contributed by atoms with Gasteiger partial charge in [0.2, 0.25) is 0 Å². The summed E-state index contributed by atoms with van der Waals surface area (Å²) >= 11 is 3.36. The van der Waals surface area contributed by atoms with Crippen LogP contribution in [-0.4, -0.2) is 32.7 Å². The summed E-state index contributed by atoms with van der Waals surface area (Å²) in [5.74, 6) is -0.350. The van der Waals surface area contributed by atoms with Crippen LogP contribution in [0, 0.1) is 0 Å². The largest absolute Gasteiger partial charge is 0.453 e. The monoisotopic (exact) mass is 315 g/mol. The average molecular weight is 316 g/mol. The third-order valence-electron chi connectivity index (χ3n) is 2.31. The van der Waals surface area contributed by atoms with Crippen molar-refractivity contribution in [2.24, 2.45) is 0 Å². The van der Waals surface area contributed by atoms with E-state index in [0.717, 1.165) is 14.9 Å². The molecule has 0 saturated heterocycles. The smallest absolute Gasteiger partial charge is 0.413 e. The number of carbonyl (C=O) groups is 2. The molecule has 0 aliphatic rings. The van der Waals surface area contributed by atoms with Crippen LogP contribution < -0.4 is 10.2 Å². The molecule has 1 atom stereocenters. The Bertz CT molecular complexity index is 420. The number of hydrogen-bond acceptors (Lipinski definition) is 3. The normalized spacial score (nSPS) is 11.7. The van der Waals surface area contributed by atoms with E-state index in [1.165, 1.54) is 7.11 Å². The molecule has 0 saturated carbocycles. The lowest BCUT2D eigenvalue weighted by Crippen LogP contribution is -3.08. The highest BCUT2D eigenvalue weighted by Crippen LogP contribution is 2.09. The number of hydrogen-bond donors (Lipinski definition) is 2. The molecule has 18 heavy (non-hydrogen) atoms. The summed E-state index contributed by atoms with van der Waals surface area (Å²) in [4.78, 5) is 23.2. The summed E-state index contributed by atoms with van der Waals surface area (Å²) in [6, 6.07) is 7.89. The molecule has 0 aliphatic heterocycles. The zero-order valence-electron chi connectivity index (χ0n) is 10.3. The summed E-state index contributed by atoms with van der Waals surface area (Å²) in [7, 11) is 3.11. The van der Waals surface area contributed by atoms with E-state index in [-0.39, 0.29) is 12.5 Å². The van der Waals surface area contributed by atoms with E-state index < -0.39 is 6.09 Å². The van der Waals surface area contributed by atoms with Crippen molar-refractivity contribution < 1.29 is 19.2 Å². The summed E-state index contributed by atoms with van der Waals surface area (Å²) in [6.45, 7) is 0.924. The van der Waals surface area contributed by atoms with Crippen molar-refractivity contribution in [1.82, 2.24) is 5.32 Å². The molecule has 0 heterocycles. The highest BCUT2D eigenvalue weighted by molar-refractivity contribution is 9.10. The summed E-state index contributed by atoms with van der Waals surface area (Å²) in [5, 5.41) is 2.13. The fourth-order valence-corrected chi connectivity index (χ4v) is 1.76. The quantitative estimate of drug-likeness (QED) is 0.842. The predicted octanol–water partition coefficient (Wildman–Crippen LogP) is 0.346. The number of methoxy groups -OCH3 is 1. The highest BCUT2D eigenvalue weighted by atomic mass is 79.9. The number of imide groups is 1. The van der Waals surface area contributed by atoms with E-state index in [2.05, 4.69) is 26.0 Å². The van der Waals surface area contributed by atoms with Crippen LogP contribution in [0.3, 0.4) is 0 Å². The first kappa shape index (κ1) is 14.7. The minimum absolute atomic E-state index is 0.213. The van der Waals surface area contributed by atoms with Gasteiger partial charge in [0.05, 0.1) is 14.2 Å². The second kappa shape index (κ2) is 7.13. The van der Waals surface area contributed by atoms with Crippen molar-refractivity contribution in [3.05, 3.63) is 34.3 Å². The zero-order chi connectivity index (χ0) is 13.5. The number of halogens is 1. The number of alkyl carbamates (subject to hydrolysis) is 1. The molecule has 1 rings (SSSR count). The van der Waals surface area contributed by atoms with Gasteiger partial charge >= 0.3 is 6.09 Å². The Morgan fingerprint density at radius 1 is 1.33 bits per heavy atom. The van der Waals surface area contributed by atoms with Crippen LogP contribution in [0.5, 0.6) is 0 Å². The van der Waals surface area contributed by atoms with Crippen molar-refractivity contribution in [2.75, 3.05) is 20.7 Å². The van der Waals surface area contributed by atoms with Crippen molar-refractivity contribution in [2.45, 2.75) is 6.54 Å². The molecule has 1 aromatic rings. The van der Waals surface area contributed by atoms with Gasteiger partial charge in [0, 0.05) is 10.0 Å². The molecule has 1 unspecified atom stereocenters. The number of amides is 2. The second-order valence-electron chi connectivity index (χ2n) is 3.98. The number of rotatable bonds is 4. The van der Waals surface area contributed by atoms with E-state index in [1.54, 1.807) is 0 Å². The number of ether oxygens (including phenoxy) is 1. The van der Waals surface area contributed by atoms with Crippen molar-refractivity contribution in [3.8, 4) is 0 Å². The van der Waals surface area contributed by atoms with E-state index in [4.69, 9.17) is 0 Å². The van der Waals surface area contributed by atoms with Gasteiger partial charge in [-0.1, -0.05) is 28.1 Å². The Morgan fingerprint density at radius 2 is 1.94 bits per heavy atom. The molecular weight excluding hydrogens is 300 g/mol. The Balaban J connectivity index is 2.41. The molecular formula is C12H16BrN2O3+. The van der Waals surface area contributed by atoms with Crippen LogP contribution in [-0.2, 0) is 16.1 Å². The minimum atomic E-state index is -0.726. The third kappa shape index (κ3) is 5.29. The van der Waals surface area contributed by atoms with E-state index in [1.807, 2.05) is 31.3 Å². The maximum Gasteiger partial charge on any atom is 0.413 e. The summed E-state index contributed by atoms with van der Waals surface area (Å²) in [5.41, 5.74) is 1.13. The Kier molecular flexibility index (Phi) is 5.80. The number of carbonyl (C=O) groups excluding carboxylic acids is 2. The van der Waals surface area contributed by atoms with Crippen LogP contribution in [0.15, 0.2) is 28.7 Å². The Labute approximate surface area is 114 Å². The van der Waals surface area contributed by atoms with E-state index in [9.17, 15) is 9.59 Å². The highest BCUT2D eigenvalue weighted by Gasteiger charge is 2.13. The first-order chi connectivity index (χ1) is 8.51. The van der Waals surface area contributed by atoms with Crippen molar-refractivity contribution in [1.29, 1.82) is 0 Å². The molecule has 5 nitrogen and oxygen atoms in total. The van der Waals surface area contributed by atoms with E-state index >= 15 is 0 Å². The zero-order valence-corrected chi connectivity index (χ0v) is 11.9. The van der Waals surface area contributed by atoms with Crippen LogP contribution in [0.2, 0.25) is 0 Å². The lowest BCUT2D eigenvalue weighted by molar-refractivity contribution is -0.885. The Morgan fingerprint density at radius 3 is 2.50 bits per heavy atom. The van der Waals surface area contributed by atoms with Gasteiger partial charge in [-0.2, -0.15) is 0 Å². The van der Waals surface area contributed by atoms with Gasteiger partial charge < -0.3 is 9.64 Å². The van der Waals surface area contributed by atoms with Gasteiger partial charge in [-0.15, -0.1) is 0 Å². The summed E-state index contributed by atoms with van der Waals surface area (Å²) in [6.07, 6.45) is -0.726. The molecule has 0 bridgehead atoms. The number of quaternary nitrogens is 1. The number of nitrogens with one attached hydrogen (secondary N) is 2. The van der Waals surface area contributed by atoms with Gasteiger partial charge in [-0.05, 0) is 12.1 Å². The average Bonchev–Trinajstić information content (AvgIpc) is 2.31. The summed E-state index contributed by atoms with van der Waals surface area (Å²) < 4.78 is 5.37. The second-order valence-corrected chi connectivity index (χ2v) is 4.89. The molecule has 0 fully saturated rings. The van der Waals surface area contributed by atoms with Crippen LogP contribution in [0.25, 0.3) is 0 Å². The van der Waals surface area contributed by atoms with Crippen LogP contribution in [0.1, 0.15) is 5.56 Å². The third-order valence-corrected chi connectivity index (χ3v) is 2.84. The molecule has 1 aromatic carbocycles. The molecule has 0 aromatic heterocycles. The van der Waals surface area contributed by atoms with Gasteiger partial charge in [0.25, 0.3) is 5.91 Å². The lowest BCUT2D eigenvalue weighted by atomic mass is 10.2. The Hall–Kier alpha value is -1.40. The minimum Gasteiger partial charge on any atom is -0.453 e. The maximum atomic E-state index is 11.4. The lowest BCUT2D eigenvalue weighted by Gasteiger charge is -2.13. The fraction of sp³-hybridized carbons (Fsp3) is 0.333. The van der Waals surface area contributed by atoms with Gasteiger partial charge in [0.15, 0.2) is 6.54 Å². The van der Waals surface area contributed by atoms with Crippen LogP contribution >= 0.6 is 15.9 Å². The van der Waals surface area contributed by atoms with Crippen molar-refractivity contribution >= 4 is 27.9 Å². The predicted molar refractivity (Wildman–Crippen MR) is 70.1 cm³/mol.